The molecule has 1 aromatic rings. The Kier molecular flexibility index (Phi) is 3.63. The van der Waals surface area contributed by atoms with E-state index in [1.54, 1.807) is 0 Å². The molecule has 0 fully saturated rings. The third-order valence-corrected chi connectivity index (χ3v) is 2.27. The van der Waals surface area contributed by atoms with Gasteiger partial charge in [-0.3, -0.25) is 4.98 Å². The van der Waals surface area contributed by atoms with Crippen molar-refractivity contribution in [2.24, 2.45) is 0 Å². The Morgan fingerprint density at radius 2 is 2.07 bits per heavy atom. The minimum Gasteiger partial charge on any atom is -0.264 e. The van der Waals surface area contributed by atoms with Crippen molar-refractivity contribution in [1.82, 2.24) is 4.98 Å². The topological polar surface area (TPSA) is 12.9 Å². The zero-order valence-electron chi connectivity index (χ0n) is 9.12. The molecule has 0 aliphatic carbocycles. The van der Waals surface area contributed by atoms with Crippen LogP contribution in [0, 0.1) is 0 Å². The maximum Gasteiger partial charge on any atom is 0.0343 e. The fourth-order valence-electron chi connectivity index (χ4n) is 1.50. The fourth-order valence-corrected chi connectivity index (χ4v) is 1.50. The van der Waals surface area contributed by atoms with Gasteiger partial charge in [-0.25, -0.2) is 0 Å². The molecule has 0 aliphatic heterocycles. The molecule has 0 unspecified atom stereocenters. The van der Waals surface area contributed by atoms with Crippen LogP contribution in [0.3, 0.4) is 0 Å². The van der Waals surface area contributed by atoms with Crippen LogP contribution in [0.25, 0.3) is 12.2 Å². The van der Waals surface area contributed by atoms with E-state index in [2.05, 4.69) is 31.5 Å². The van der Waals surface area contributed by atoms with Gasteiger partial charge in [-0.15, -0.1) is 0 Å². The van der Waals surface area contributed by atoms with Crippen LogP contribution < -0.4 is 10.4 Å². The van der Waals surface area contributed by atoms with Crippen LogP contribution in [-0.2, 0) is 0 Å². The lowest BCUT2D eigenvalue weighted by Gasteiger charge is -2.05. The predicted molar refractivity (Wildman–Crippen MR) is 62.4 cm³/mol. The van der Waals surface area contributed by atoms with Crippen molar-refractivity contribution >= 4 is 12.2 Å². The van der Waals surface area contributed by atoms with E-state index in [0.29, 0.717) is 5.92 Å². The third-order valence-electron chi connectivity index (χ3n) is 2.27. The van der Waals surface area contributed by atoms with Gasteiger partial charge in [-0.2, -0.15) is 0 Å². The molecule has 0 aliphatic rings. The largest absolute Gasteiger partial charge is 0.264 e. The summed E-state index contributed by atoms with van der Waals surface area (Å²) in [4.78, 5) is 4.23. The molecule has 0 aromatic carbocycles. The molecule has 0 bridgehead atoms. The monoisotopic (exact) mass is 187 g/mol. The van der Waals surface area contributed by atoms with Crippen LogP contribution in [0.4, 0.5) is 0 Å². The highest BCUT2D eigenvalue weighted by Gasteiger charge is 2.00. The van der Waals surface area contributed by atoms with Gasteiger partial charge < -0.3 is 0 Å². The van der Waals surface area contributed by atoms with Crippen LogP contribution in [0.2, 0.25) is 0 Å². The summed E-state index contributed by atoms with van der Waals surface area (Å²) in [5.41, 5.74) is 1.28. The Hall–Kier alpha value is -1.37. The molecular weight excluding hydrogens is 170 g/mol. The van der Waals surface area contributed by atoms with Gasteiger partial charge in [0.05, 0.1) is 0 Å². The van der Waals surface area contributed by atoms with Crippen molar-refractivity contribution in [2.45, 2.75) is 26.7 Å². The molecule has 1 nitrogen and oxygen atoms in total. The number of rotatable bonds is 2. The summed E-state index contributed by atoms with van der Waals surface area (Å²) in [7, 11) is 0. The molecule has 1 aromatic heterocycles. The van der Waals surface area contributed by atoms with E-state index in [0.717, 1.165) is 0 Å². The van der Waals surface area contributed by atoms with Crippen LogP contribution in [-0.4, -0.2) is 4.98 Å². The van der Waals surface area contributed by atoms with Crippen molar-refractivity contribution in [1.29, 1.82) is 0 Å². The second-order valence-corrected chi connectivity index (χ2v) is 3.58. The van der Waals surface area contributed by atoms with Gasteiger partial charge >= 0.3 is 0 Å². The van der Waals surface area contributed by atoms with Gasteiger partial charge in [-0.05, 0) is 28.8 Å². The summed E-state index contributed by atoms with van der Waals surface area (Å²) >= 11 is 0. The van der Waals surface area contributed by atoms with Crippen LogP contribution in [0.15, 0.2) is 25.0 Å². The number of hydrogen-bond acceptors (Lipinski definition) is 1. The van der Waals surface area contributed by atoms with Crippen molar-refractivity contribution in [2.75, 3.05) is 0 Å². The van der Waals surface area contributed by atoms with E-state index < -0.39 is 0 Å². The third kappa shape index (κ3) is 2.11. The average Bonchev–Trinajstić information content (AvgIpc) is 2.18. The zero-order chi connectivity index (χ0) is 10.6. The zero-order valence-corrected chi connectivity index (χ0v) is 9.12. The standard InChI is InChI=1S/C13H17N/c1-5-7-12-11(6-2)8-14-9-13(12)10(3)4/h5-10H,1H2,2-4H3/b11-6-,12-7+. The molecule has 74 valence electrons. The number of hydrogen-bond donors (Lipinski definition) is 0. The molecule has 0 spiro atoms. The number of nitrogens with zero attached hydrogens (tertiary/aromatic N) is 1. The minimum atomic E-state index is 0.494. The highest BCUT2D eigenvalue weighted by atomic mass is 14.6. The van der Waals surface area contributed by atoms with Crippen molar-refractivity contribution in [3.8, 4) is 0 Å². The molecule has 1 heterocycles. The summed E-state index contributed by atoms with van der Waals surface area (Å²) in [5.74, 6) is 0.494. The van der Waals surface area contributed by atoms with E-state index in [4.69, 9.17) is 0 Å². The van der Waals surface area contributed by atoms with E-state index in [-0.39, 0.29) is 0 Å². The summed E-state index contributed by atoms with van der Waals surface area (Å²) in [6.45, 7) is 10.1. The smallest absolute Gasteiger partial charge is 0.0343 e. The predicted octanol–water partition coefficient (Wildman–Crippen LogP) is 1.97. The Morgan fingerprint density at radius 1 is 1.36 bits per heavy atom. The summed E-state index contributed by atoms with van der Waals surface area (Å²) in [6.07, 6.45) is 9.78. The molecule has 0 atom stereocenters. The van der Waals surface area contributed by atoms with Gasteiger partial charge in [0.15, 0.2) is 0 Å². The van der Waals surface area contributed by atoms with Gasteiger partial charge in [0.1, 0.15) is 0 Å². The lowest BCUT2D eigenvalue weighted by Crippen LogP contribution is -2.29. The normalized spacial score (nSPS) is 13.7. The Balaban J connectivity index is 3.61. The first-order valence-corrected chi connectivity index (χ1v) is 4.93. The lowest BCUT2D eigenvalue weighted by atomic mass is 10.0. The van der Waals surface area contributed by atoms with Crippen molar-refractivity contribution in [3.05, 3.63) is 41.0 Å². The highest BCUT2D eigenvalue weighted by Crippen LogP contribution is 2.05. The van der Waals surface area contributed by atoms with E-state index >= 15 is 0 Å². The molecule has 1 rings (SSSR count). The molecule has 14 heavy (non-hydrogen) atoms. The Labute approximate surface area is 85.5 Å². The molecule has 0 saturated carbocycles. The highest BCUT2D eigenvalue weighted by molar-refractivity contribution is 5.41. The SMILES string of the molecule is C=C/C=c1/c(C(C)C)cnc/c1=C/C. The van der Waals surface area contributed by atoms with Gasteiger partial charge in [0.2, 0.25) is 0 Å². The number of allylic oxidation sites excluding steroid dienone is 1. The molecule has 0 N–H and O–H groups in total. The number of pyridine rings is 1. The van der Waals surface area contributed by atoms with Crippen molar-refractivity contribution in [3.63, 3.8) is 0 Å². The fraction of sp³-hybridized carbons (Fsp3) is 0.308. The molecule has 0 amide bonds. The lowest BCUT2D eigenvalue weighted by molar-refractivity contribution is 0.847. The summed E-state index contributed by atoms with van der Waals surface area (Å²) in [5, 5.41) is 2.42. The quantitative estimate of drug-likeness (QED) is 0.690. The summed E-state index contributed by atoms with van der Waals surface area (Å²) < 4.78 is 0. The first kappa shape index (κ1) is 10.7. The Morgan fingerprint density at radius 3 is 2.57 bits per heavy atom. The van der Waals surface area contributed by atoms with E-state index in [9.17, 15) is 0 Å². The van der Waals surface area contributed by atoms with Crippen molar-refractivity contribution < 1.29 is 0 Å². The average molecular weight is 187 g/mol. The second-order valence-electron chi connectivity index (χ2n) is 3.58. The second kappa shape index (κ2) is 4.75. The first-order valence-electron chi connectivity index (χ1n) is 4.93. The van der Waals surface area contributed by atoms with Gasteiger partial charge in [0.25, 0.3) is 0 Å². The Bertz CT molecular complexity index is 427. The molecule has 1 heteroatoms. The van der Waals surface area contributed by atoms with Crippen LogP contribution >= 0.6 is 0 Å². The van der Waals surface area contributed by atoms with E-state index in [1.165, 1.54) is 16.0 Å². The maximum atomic E-state index is 4.23. The minimum absolute atomic E-state index is 0.494. The van der Waals surface area contributed by atoms with Crippen LogP contribution in [0.5, 0.6) is 0 Å². The van der Waals surface area contributed by atoms with E-state index in [1.807, 2.05) is 31.5 Å². The van der Waals surface area contributed by atoms with Crippen LogP contribution in [0.1, 0.15) is 32.3 Å². The molecule has 0 radical (unpaired) electrons. The molecular formula is C13H17N. The maximum absolute atomic E-state index is 4.23. The number of aromatic nitrogens is 1. The molecule has 0 saturated heterocycles. The first-order chi connectivity index (χ1) is 6.70. The summed E-state index contributed by atoms with van der Waals surface area (Å²) in [6, 6.07) is 0. The van der Waals surface area contributed by atoms with Gasteiger partial charge in [0, 0.05) is 12.4 Å². The van der Waals surface area contributed by atoms with Gasteiger partial charge in [-0.1, -0.05) is 38.7 Å².